The Bertz CT molecular complexity index is 1540. The molecule has 0 radical (unpaired) electrons. The molecule has 3 aromatic carbocycles. The lowest BCUT2D eigenvalue weighted by Gasteiger charge is -2.15. The average molecular weight is 562 g/mol. The maximum absolute atomic E-state index is 13.5. The summed E-state index contributed by atoms with van der Waals surface area (Å²) in [7, 11) is 0. The molecule has 1 atom stereocenters. The third kappa shape index (κ3) is 6.86. The van der Waals surface area contributed by atoms with Crippen LogP contribution >= 0.6 is 11.6 Å². The van der Waals surface area contributed by atoms with Gasteiger partial charge >= 0.3 is 0 Å². The van der Waals surface area contributed by atoms with E-state index in [-0.39, 0.29) is 24.4 Å². The van der Waals surface area contributed by atoms with Crippen molar-refractivity contribution in [3.05, 3.63) is 89.5 Å². The molecule has 5 rings (SSSR count). The number of halogens is 2. The van der Waals surface area contributed by atoms with Crippen LogP contribution in [0.2, 0.25) is 5.02 Å². The Morgan fingerprint density at radius 1 is 1.15 bits per heavy atom. The maximum Gasteiger partial charge on any atom is 0.248 e. The highest BCUT2D eigenvalue weighted by molar-refractivity contribution is 6.32. The molecule has 2 heterocycles. The lowest BCUT2D eigenvalue weighted by atomic mass is 10.1. The molecule has 1 unspecified atom stereocenters. The molecule has 1 amide bonds. The van der Waals surface area contributed by atoms with Crippen molar-refractivity contribution in [2.24, 2.45) is 0 Å². The van der Waals surface area contributed by atoms with E-state index in [0.29, 0.717) is 56.8 Å². The van der Waals surface area contributed by atoms with Crippen LogP contribution in [0.15, 0.2) is 73.1 Å². The number of ether oxygens (including phenoxy) is 2. The second-order valence-corrected chi connectivity index (χ2v) is 9.67. The average Bonchev–Trinajstić information content (AvgIpc) is 3.46. The van der Waals surface area contributed by atoms with E-state index in [2.05, 4.69) is 25.9 Å². The molecule has 1 saturated heterocycles. The number of hydrogen-bond acceptors (Lipinski definition) is 7. The van der Waals surface area contributed by atoms with Gasteiger partial charge in [0.15, 0.2) is 0 Å². The summed E-state index contributed by atoms with van der Waals surface area (Å²) >= 11 is 6.48. The SMILES string of the molecule is CCOc1cc2ncnc(Nc3ccc(OCc4cccc(F)c4)c(Cl)c3)c2cc1NC(=O)/C=C\C1CCCN1. The second-order valence-electron chi connectivity index (χ2n) is 9.26. The first kappa shape index (κ1) is 27.4. The normalized spacial score (nSPS) is 14.9. The van der Waals surface area contributed by atoms with Crippen LogP contribution in [0.3, 0.4) is 0 Å². The lowest BCUT2D eigenvalue weighted by Crippen LogP contribution is -2.19. The van der Waals surface area contributed by atoms with Gasteiger partial charge in [0.2, 0.25) is 5.91 Å². The lowest BCUT2D eigenvalue weighted by molar-refractivity contribution is -0.111. The fraction of sp³-hybridized carbons (Fsp3) is 0.233. The van der Waals surface area contributed by atoms with E-state index in [1.165, 1.54) is 18.5 Å². The smallest absolute Gasteiger partial charge is 0.248 e. The van der Waals surface area contributed by atoms with Crippen LogP contribution in [0, 0.1) is 5.82 Å². The number of nitrogens with zero attached hydrogens (tertiary/aromatic N) is 2. The molecule has 10 heteroatoms. The van der Waals surface area contributed by atoms with Crippen molar-refractivity contribution in [1.82, 2.24) is 15.3 Å². The molecule has 8 nitrogen and oxygen atoms in total. The molecule has 1 aliphatic rings. The number of amides is 1. The number of benzene rings is 3. The Kier molecular flexibility index (Phi) is 8.73. The Balaban J connectivity index is 1.35. The Morgan fingerprint density at radius 3 is 2.83 bits per heavy atom. The topological polar surface area (TPSA) is 97.4 Å². The molecule has 0 bridgehead atoms. The fourth-order valence-electron chi connectivity index (χ4n) is 4.43. The van der Waals surface area contributed by atoms with Crippen molar-refractivity contribution in [3.63, 3.8) is 0 Å². The first-order valence-corrected chi connectivity index (χ1v) is 13.4. The Hall–Kier alpha value is -4.21. The zero-order valence-electron chi connectivity index (χ0n) is 21.9. The summed E-state index contributed by atoms with van der Waals surface area (Å²) in [5, 5.41) is 10.6. The summed E-state index contributed by atoms with van der Waals surface area (Å²) in [6.07, 6.45) is 6.99. The monoisotopic (exact) mass is 561 g/mol. The molecular weight excluding hydrogens is 533 g/mol. The molecular formula is C30H29ClFN5O3. The van der Waals surface area contributed by atoms with Gasteiger partial charge in [0.25, 0.3) is 0 Å². The highest BCUT2D eigenvalue weighted by Crippen LogP contribution is 2.35. The quantitative estimate of drug-likeness (QED) is 0.193. The van der Waals surface area contributed by atoms with Crippen molar-refractivity contribution >= 4 is 45.6 Å². The number of aromatic nitrogens is 2. The zero-order valence-corrected chi connectivity index (χ0v) is 22.7. The highest BCUT2D eigenvalue weighted by atomic mass is 35.5. The van der Waals surface area contributed by atoms with E-state index in [1.807, 2.05) is 13.0 Å². The number of hydrogen-bond donors (Lipinski definition) is 3. The highest BCUT2D eigenvalue weighted by Gasteiger charge is 2.15. The maximum atomic E-state index is 13.5. The third-order valence-electron chi connectivity index (χ3n) is 6.35. The van der Waals surface area contributed by atoms with Crippen molar-refractivity contribution in [3.8, 4) is 11.5 Å². The molecule has 3 N–H and O–H groups in total. The standard InChI is InChI=1S/C30H29ClFN5O3/c1-2-39-28-16-25-23(15-26(28)37-29(38)11-9-21-7-4-12-33-21)30(35-18-34-25)36-22-8-10-27(24(31)14-22)40-17-19-5-3-6-20(32)13-19/h3,5-6,8-11,13-16,18,21,33H,2,4,7,12,17H2,1H3,(H,37,38)(H,34,35,36)/b11-9-. The largest absolute Gasteiger partial charge is 0.492 e. The molecule has 1 fully saturated rings. The van der Waals surface area contributed by atoms with Gasteiger partial charge in [0.1, 0.15) is 36.1 Å². The van der Waals surface area contributed by atoms with Gasteiger partial charge in [0, 0.05) is 29.3 Å². The predicted octanol–water partition coefficient (Wildman–Crippen LogP) is 6.39. The summed E-state index contributed by atoms with van der Waals surface area (Å²) in [6, 6.07) is 15.3. The minimum atomic E-state index is -0.322. The zero-order chi connectivity index (χ0) is 27.9. The van der Waals surface area contributed by atoms with Gasteiger partial charge in [-0.2, -0.15) is 0 Å². The number of anilines is 3. The van der Waals surface area contributed by atoms with Gasteiger partial charge in [0.05, 0.1) is 22.8 Å². The Morgan fingerprint density at radius 2 is 2.05 bits per heavy atom. The van der Waals surface area contributed by atoms with E-state index in [1.54, 1.807) is 48.5 Å². The van der Waals surface area contributed by atoms with Gasteiger partial charge in [-0.25, -0.2) is 14.4 Å². The van der Waals surface area contributed by atoms with Crippen molar-refractivity contribution in [2.45, 2.75) is 32.4 Å². The van der Waals surface area contributed by atoms with Crippen LogP contribution in [0.25, 0.3) is 10.9 Å². The van der Waals surface area contributed by atoms with Crippen LogP contribution in [0.4, 0.5) is 21.6 Å². The first-order chi connectivity index (χ1) is 19.5. The molecule has 206 valence electrons. The summed E-state index contributed by atoms with van der Waals surface area (Å²) < 4.78 is 25.0. The van der Waals surface area contributed by atoms with Crippen LogP contribution < -0.4 is 25.4 Å². The molecule has 1 aliphatic heterocycles. The van der Waals surface area contributed by atoms with Crippen LogP contribution in [0.1, 0.15) is 25.3 Å². The summed E-state index contributed by atoms with van der Waals surface area (Å²) in [4.78, 5) is 21.5. The van der Waals surface area contributed by atoms with Crippen LogP contribution in [-0.2, 0) is 11.4 Å². The molecule has 0 saturated carbocycles. The van der Waals surface area contributed by atoms with E-state index < -0.39 is 0 Å². The molecule has 1 aromatic heterocycles. The summed E-state index contributed by atoms with van der Waals surface area (Å²) in [5.74, 6) is 0.942. The fourth-order valence-corrected chi connectivity index (χ4v) is 4.67. The van der Waals surface area contributed by atoms with Crippen LogP contribution in [-0.4, -0.2) is 35.1 Å². The molecule has 4 aromatic rings. The van der Waals surface area contributed by atoms with Gasteiger partial charge < -0.3 is 25.4 Å². The summed E-state index contributed by atoms with van der Waals surface area (Å²) in [5.41, 5.74) is 2.53. The van der Waals surface area contributed by atoms with Crippen molar-refractivity contribution < 1.29 is 18.7 Å². The van der Waals surface area contributed by atoms with Gasteiger partial charge in [-0.1, -0.05) is 29.8 Å². The number of rotatable bonds is 10. The molecule has 40 heavy (non-hydrogen) atoms. The first-order valence-electron chi connectivity index (χ1n) is 13.1. The number of fused-ring (bicyclic) bond motifs is 1. The van der Waals surface area contributed by atoms with Gasteiger partial charge in [-0.3, -0.25) is 4.79 Å². The van der Waals surface area contributed by atoms with Crippen molar-refractivity contribution in [2.75, 3.05) is 23.8 Å². The minimum Gasteiger partial charge on any atom is -0.492 e. The van der Waals surface area contributed by atoms with E-state index in [0.717, 1.165) is 19.4 Å². The summed E-state index contributed by atoms with van der Waals surface area (Å²) in [6.45, 7) is 3.45. The van der Waals surface area contributed by atoms with E-state index >= 15 is 0 Å². The van der Waals surface area contributed by atoms with Crippen LogP contribution in [0.5, 0.6) is 11.5 Å². The minimum absolute atomic E-state index is 0.184. The number of carbonyl (C=O) groups is 1. The van der Waals surface area contributed by atoms with Crippen molar-refractivity contribution in [1.29, 1.82) is 0 Å². The van der Waals surface area contributed by atoms with E-state index in [9.17, 15) is 9.18 Å². The number of nitrogens with one attached hydrogen (secondary N) is 3. The number of carbonyl (C=O) groups excluding carboxylic acids is 1. The second kappa shape index (κ2) is 12.8. The van der Waals surface area contributed by atoms with Gasteiger partial charge in [-0.15, -0.1) is 0 Å². The molecule has 0 aliphatic carbocycles. The Labute approximate surface area is 236 Å². The molecule has 0 spiro atoms. The van der Waals surface area contributed by atoms with Gasteiger partial charge in [-0.05, 0) is 68.3 Å². The third-order valence-corrected chi connectivity index (χ3v) is 6.65. The predicted molar refractivity (Wildman–Crippen MR) is 155 cm³/mol. The van der Waals surface area contributed by atoms with E-state index in [4.69, 9.17) is 21.1 Å².